The van der Waals surface area contributed by atoms with E-state index >= 15 is 0 Å². The second kappa shape index (κ2) is 8.83. The Hall–Kier alpha value is -3.11. The van der Waals surface area contributed by atoms with Crippen LogP contribution in [0.3, 0.4) is 0 Å². The van der Waals surface area contributed by atoms with E-state index in [1.54, 1.807) is 36.3 Å². The molecule has 3 aliphatic rings. The molecule has 2 aromatic rings. The standard InChI is InChI=1S/C25H26F3N3O4/c1-34-21-8-4-18(5-9-21)22(32)29-12-20-13-35-11-10-31(20)24(14-29)15-30(16-24)23(33)17-2-6-19(7-3-17)25(26,27)28/h2-9,20H,10-16H2,1H3. The molecule has 3 saturated heterocycles. The summed E-state index contributed by atoms with van der Waals surface area (Å²) in [7, 11) is 1.57. The van der Waals surface area contributed by atoms with Gasteiger partial charge in [-0.15, -0.1) is 0 Å². The van der Waals surface area contributed by atoms with Gasteiger partial charge in [0.15, 0.2) is 0 Å². The number of ether oxygens (including phenoxy) is 2. The van der Waals surface area contributed by atoms with Crippen LogP contribution in [0.25, 0.3) is 0 Å². The van der Waals surface area contributed by atoms with E-state index in [9.17, 15) is 22.8 Å². The van der Waals surface area contributed by atoms with Gasteiger partial charge in [-0.25, -0.2) is 0 Å². The summed E-state index contributed by atoms with van der Waals surface area (Å²) in [6.07, 6.45) is -4.45. The van der Waals surface area contributed by atoms with Gasteiger partial charge in [0.2, 0.25) is 0 Å². The minimum atomic E-state index is -4.45. The van der Waals surface area contributed by atoms with Crippen molar-refractivity contribution < 1.29 is 32.2 Å². The molecular weight excluding hydrogens is 463 g/mol. The van der Waals surface area contributed by atoms with E-state index in [-0.39, 0.29) is 23.4 Å². The van der Waals surface area contributed by atoms with E-state index in [1.165, 1.54) is 12.1 Å². The number of rotatable bonds is 3. The molecule has 0 bridgehead atoms. The zero-order valence-corrected chi connectivity index (χ0v) is 19.3. The molecule has 3 fully saturated rings. The van der Waals surface area contributed by atoms with Crippen molar-refractivity contribution in [1.82, 2.24) is 14.7 Å². The average Bonchev–Trinajstić information content (AvgIpc) is 2.85. The summed E-state index contributed by atoms with van der Waals surface area (Å²) in [5.74, 6) is 0.262. The zero-order chi connectivity index (χ0) is 24.8. The predicted octanol–water partition coefficient (Wildman–Crippen LogP) is 2.77. The SMILES string of the molecule is COc1ccc(C(=O)N2CC3COCCN3C3(C2)CN(C(=O)c2ccc(C(F)(F)F)cc2)C3)cc1. The number of amides is 2. The van der Waals surface area contributed by atoms with Crippen molar-refractivity contribution in [2.75, 3.05) is 53.0 Å². The van der Waals surface area contributed by atoms with Crippen LogP contribution in [0.1, 0.15) is 26.3 Å². The van der Waals surface area contributed by atoms with Crippen LogP contribution in [0.2, 0.25) is 0 Å². The van der Waals surface area contributed by atoms with Gasteiger partial charge in [0.05, 0.1) is 37.5 Å². The van der Waals surface area contributed by atoms with Crippen molar-refractivity contribution in [3.63, 3.8) is 0 Å². The summed E-state index contributed by atoms with van der Waals surface area (Å²) < 4.78 is 49.5. The van der Waals surface area contributed by atoms with Gasteiger partial charge in [-0.2, -0.15) is 13.2 Å². The molecule has 2 aromatic carbocycles. The highest BCUT2D eigenvalue weighted by molar-refractivity contribution is 5.96. The number of halogens is 3. The van der Waals surface area contributed by atoms with Crippen molar-refractivity contribution in [1.29, 1.82) is 0 Å². The number of likely N-dealkylation sites (tertiary alicyclic amines) is 1. The van der Waals surface area contributed by atoms with Crippen LogP contribution in [0.15, 0.2) is 48.5 Å². The fourth-order valence-corrected chi connectivity index (χ4v) is 5.34. The monoisotopic (exact) mass is 489 g/mol. The van der Waals surface area contributed by atoms with Crippen LogP contribution in [0.5, 0.6) is 5.75 Å². The Morgan fingerprint density at radius 2 is 1.51 bits per heavy atom. The van der Waals surface area contributed by atoms with Crippen LogP contribution in [0.4, 0.5) is 13.2 Å². The molecule has 186 valence electrons. The summed E-state index contributed by atoms with van der Waals surface area (Å²) in [5.41, 5.74) is -0.419. The number of hydrogen-bond acceptors (Lipinski definition) is 5. The number of methoxy groups -OCH3 is 1. The van der Waals surface area contributed by atoms with Crippen LogP contribution in [-0.4, -0.2) is 91.1 Å². The second-order valence-corrected chi connectivity index (χ2v) is 9.30. The lowest BCUT2D eigenvalue weighted by Crippen LogP contribution is -2.81. The number of morpholine rings is 1. The number of carbonyl (C=O) groups is 2. The van der Waals surface area contributed by atoms with Crippen LogP contribution < -0.4 is 4.74 Å². The largest absolute Gasteiger partial charge is 0.497 e. The Morgan fingerprint density at radius 3 is 2.11 bits per heavy atom. The lowest BCUT2D eigenvalue weighted by molar-refractivity contribution is -0.148. The smallest absolute Gasteiger partial charge is 0.416 e. The first-order chi connectivity index (χ1) is 16.7. The number of piperazine rings is 1. The van der Waals surface area contributed by atoms with E-state index in [4.69, 9.17) is 9.47 Å². The second-order valence-electron chi connectivity index (χ2n) is 9.30. The van der Waals surface area contributed by atoms with Crippen molar-refractivity contribution in [2.24, 2.45) is 0 Å². The highest BCUT2D eigenvalue weighted by Crippen LogP contribution is 2.37. The first-order valence-corrected chi connectivity index (χ1v) is 11.4. The third kappa shape index (κ3) is 4.36. The zero-order valence-electron chi connectivity index (χ0n) is 19.3. The molecule has 3 heterocycles. The summed E-state index contributed by atoms with van der Waals surface area (Å²) >= 11 is 0. The van der Waals surface area contributed by atoms with Crippen molar-refractivity contribution in [3.8, 4) is 5.75 Å². The predicted molar refractivity (Wildman–Crippen MR) is 120 cm³/mol. The van der Waals surface area contributed by atoms with E-state index in [1.807, 2.05) is 4.90 Å². The molecule has 1 atom stereocenters. The summed E-state index contributed by atoms with van der Waals surface area (Å²) in [6, 6.07) is 11.3. The van der Waals surface area contributed by atoms with Crippen molar-refractivity contribution >= 4 is 11.8 Å². The molecule has 3 aliphatic heterocycles. The van der Waals surface area contributed by atoms with Gasteiger partial charge in [-0.1, -0.05) is 0 Å². The molecule has 0 N–H and O–H groups in total. The molecule has 0 aromatic heterocycles. The lowest BCUT2D eigenvalue weighted by atomic mass is 9.82. The van der Waals surface area contributed by atoms with Crippen LogP contribution in [0, 0.1) is 0 Å². The van der Waals surface area contributed by atoms with E-state index in [0.717, 1.165) is 12.1 Å². The minimum Gasteiger partial charge on any atom is -0.497 e. The number of hydrogen-bond donors (Lipinski definition) is 0. The third-order valence-corrected chi connectivity index (χ3v) is 7.09. The number of nitrogens with zero attached hydrogens (tertiary/aromatic N) is 3. The molecular formula is C25H26F3N3O4. The molecule has 1 unspecified atom stereocenters. The van der Waals surface area contributed by atoms with E-state index in [0.29, 0.717) is 57.3 Å². The van der Waals surface area contributed by atoms with Gasteiger partial charge in [0, 0.05) is 43.9 Å². The highest BCUT2D eigenvalue weighted by atomic mass is 19.4. The molecule has 1 spiro atoms. The van der Waals surface area contributed by atoms with Gasteiger partial charge in [0.1, 0.15) is 5.75 Å². The van der Waals surface area contributed by atoms with Crippen LogP contribution in [-0.2, 0) is 10.9 Å². The van der Waals surface area contributed by atoms with Crippen LogP contribution >= 0.6 is 0 Å². The van der Waals surface area contributed by atoms with Crippen molar-refractivity contribution in [2.45, 2.75) is 17.8 Å². The van der Waals surface area contributed by atoms with E-state index < -0.39 is 17.3 Å². The normalized spacial score (nSPS) is 21.9. The summed E-state index contributed by atoms with van der Waals surface area (Å²) in [4.78, 5) is 32.1. The molecule has 0 aliphatic carbocycles. The molecule has 5 rings (SSSR count). The fourth-order valence-electron chi connectivity index (χ4n) is 5.34. The Kier molecular flexibility index (Phi) is 5.96. The number of alkyl halides is 3. The Labute approximate surface area is 201 Å². The number of carbonyl (C=O) groups excluding carboxylic acids is 2. The molecule has 0 radical (unpaired) electrons. The Balaban J connectivity index is 1.32. The number of fused-ring (bicyclic) bond motifs is 2. The summed E-state index contributed by atoms with van der Waals surface area (Å²) in [6.45, 7) is 3.58. The first-order valence-electron chi connectivity index (χ1n) is 11.4. The topological polar surface area (TPSA) is 62.3 Å². The molecule has 35 heavy (non-hydrogen) atoms. The molecule has 2 amide bonds. The summed E-state index contributed by atoms with van der Waals surface area (Å²) in [5, 5.41) is 0. The van der Waals surface area contributed by atoms with Gasteiger partial charge < -0.3 is 19.3 Å². The van der Waals surface area contributed by atoms with Gasteiger partial charge in [-0.3, -0.25) is 14.5 Å². The molecule has 0 saturated carbocycles. The van der Waals surface area contributed by atoms with Gasteiger partial charge in [-0.05, 0) is 48.5 Å². The highest BCUT2D eigenvalue weighted by Gasteiger charge is 2.56. The maximum Gasteiger partial charge on any atom is 0.416 e. The minimum absolute atomic E-state index is 0.0167. The maximum atomic E-state index is 13.3. The lowest BCUT2D eigenvalue weighted by Gasteiger charge is -2.63. The Morgan fingerprint density at radius 1 is 0.943 bits per heavy atom. The maximum absolute atomic E-state index is 13.3. The van der Waals surface area contributed by atoms with Gasteiger partial charge >= 0.3 is 6.18 Å². The Bertz CT molecular complexity index is 1100. The molecule has 7 nitrogen and oxygen atoms in total. The number of benzene rings is 2. The van der Waals surface area contributed by atoms with E-state index in [2.05, 4.69) is 4.90 Å². The third-order valence-electron chi connectivity index (χ3n) is 7.09. The quantitative estimate of drug-likeness (QED) is 0.664. The van der Waals surface area contributed by atoms with Gasteiger partial charge in [0.25, 0.3) is 11.8 Å². The first kappa shape index (κ1) is 23.6. The molecule has 10 heteroatoms. The average molecular weight is 489 g/mol. The fraction of sp³-hybridized carbons (Fsp3) is 0.440. The van der Waals surface area contributed by atoms with Crippen molar-refractivity contribution in [3.05, 3.63) is 65.2 Å².